The predicted octanol–water partition coefficient (Wildman–Crippen LogP) is 7.10. The van der Waals surface area contributed by atoms with Crippen LogP contribution in [0.2, 0.25) is 0 Å². The third-order valence-corrected chi connectivity index (χ3v) is 17.3. The molecule has 4 saturated carbocycles. The minimum absolute atomic E-state index is 0.0277. The molecule has 0 amide bonds. The Morgan fingerprint density at radius 1 is 0.978 bits per heavy atom. The number of rotatable bonds is 6. The molecule has 6 rings (SSSR count). The van der Waals surface area contributed by atoms with E-state index in [1.807, 2.05) is 0 Å². The molecule has 0 aromatic carbocycles. The van der Waals surface area contributed by atoms with Crippen LogP contribution in [0.4, 0.5) is 0 Å². The molecule has 5 aliphatic carbocycles. The number of carbonyl (C=O) groups excluding carboxylic acids is 2. The number of ether oxygens (including phenoxy) is 1. The summed E-state index contributed by atoms with van der Waals surface area (Å²) in [4.78, 5) is 27.9. The molecule has 0 radical (unpaired) electrons. The maximum atomic E-state index is 14.3. The Kier molecular flexibility index (Phi) is 9.13. The second-order valence-corrected chi connectivity index (χ2v) is 20.4. The molecular formula is C39H63NO5S. The van der Waals surface area contributed by atoms with Crippen molar-refractivity contribution < 1.29 is 23.6 Å². The van der Waals surface area contributed by atoms with Crippen molar-refractivity contribution in [3.05, 3.63) is 11.6 Å². The van der Waals surface area contributed by atoms with Crippen molar-refractivity contribution in [2.45, 2.75) is 137 Å². The van der Waals surface area contributed by atoms with E-state index in [2.05, 4.69) is 59.4 Å². The molecule has 10 atom stereocenters. The largest absolute Gasteiger partial charge is 0.465 e. The average Bonchev–Trinajstić information content (AvgIpc) is 3.18. The topological polar surface area (TPSA) is 83.9 Å². The van der Waals surface area contributed by atoms with Crippen molar-refractivity contribution in [2.24, 2.45) is 50.2 Å². The first kappa shape index (κ1) is 34.8. The molecule has 5 fully saturated rings. The van der Waals surface area contributed by atoms with E-state index in [0.29, 0.717) is 30.6 Å². The van der Waals surface area contributed by atoms with Gasteiger partial charge in [-0.15, -0.1) is 0 Å². The van der Waals surface area contributed by atoms with Crippen molar-refractivity contribution in [3.8, 4) is 0 Å². The number of fused-ring (bicyclic) bond motifs is 7. The van der Waals surface area contributed by atoms with E-state index < -0.39 is 16.2 Å². The third kappa shape index (κ3) is 5.34. The summed E-state index contributed by atoms with van der Waals surface area (Å²) in [6, 6.07) is 0. The van der Waals surface area contributed by atoms with Gasteiger partial charge in [-0.05, 0) is 128 Å². The van der Waals surface area contributed by atoms with Gasteiger partial charge in [-0.1, -0.05) is 60.1 Å². The second kappa shape index (κ2) is 12.1. The fourth-order valence-electron chi connectivity index (χ4n) is 12.5. The van der Waals surface area contributed by atoms with Crippen LogP contribution < -0.4 is 0 Å². The van der Waals surface area contributed by atoms with Gasteiger partial charge in [-0.2, -0.15) is 0 Å². The van der Waals surface area contributed by atoms with Crippen molar-refractivity contribution in [3.63, 3.8) is 0 Å². The highest BCUT2D eigenvalue weighted by Gasteiger charge is 2.69. The standard InChI is InChI=1S/C39H63NO5S/c1-34(2)16-18-39(33(43)45-23-8-20-40-21-13-27(26-41)46(44)24-22-40)19-17-37(6)28(29(39)25-34)9-10-31-36(5)14-12-32(42)35(3,4)30(36)11-15-38(31,37)7/h9,26-27,29-32,42H,8,10-25H2,1-7H3/t27?,29-,30-,31+,32-,36-,37+,38+,39-,46?/m0/s1. The van der Waals surface area contributed by atoms with Gasteiger partial charge in [0.05, 0.1) is 23.4 Å². The van der Waals surface area contributed by atoms with Gasteiger partial charge in [0.25, 0.3) is 0 Å². The summed E-state index contributed by atoms with van der Waals surface area (Å²) in [6.07, 6.45) is 15.1. The molecule has 1 heterocycles. The van der Waals surface area contributed by atoms with Crippen molar-refractivity contribution in [1.29, 1.82) is 0 Å². The van der Waals surface area contributed by atoms with Gasteiger partial charge < -0.3 is 19.5 Å². The monoisotopic (exact) mass is 657 g/mol. The Balaban J connectivity index is 1.21. The molecule has 46 heavy (non-hydrogen) atoms. The van der Waals surface area contributed by atoms with E-state index in [1.165, 1.54) is 12.8 Å². The van der Waals surface area contributed by atoms with E-state index >= 15 is 0 Å². The lowest BCUT2D eigenvalue weighted by Crippen LogP contribution is -2.65. The molecule has 260 valence electrons. The molecule has 1 N–H and O–H groups in total. The molecule has 6 aliphatic rings. The van der Waals surface area contributed by atoms with Crippen LogP contribution in [0.1, 0.15) is 126 Å². The van der Waals surface area contributed by atoms with Gasteiger partial charge >= 0.3 is 5.97 Å². The highest BCUT2D eigenvalue weighted by Crippen LogP contribution is 2.75. The van der Waals surface area contributed by atoms with Crippen LogP contribution >= 0.6 is 0 Å². The quantitative estimate of drug-likeness (QED) is 0.142. The first-order valence-corrected chi connectivity index (χ1v) is 20.0. The van der Waals surface area contributed by atoms with Crippen LogP contribution in [-0.2, 0) is 25.1 Å². The normalized spacial score (nSPS) is 46.7. The highest BCUT2D eigenvalue weighted by molar-refractivity contribution is 7.86. The number of hydrogen-bond donors (Lipinski definition) is 1. The van der Waals surface area contributed by atoms with Crippen LogP contribution in [0.25, 0.3) is 0 Å². The lowest BCUT2D eigenvalue weighted by molar-refractivity contribution is -0.206. The number of aliphatic hydroxyl groups is 1. The molecule has 1 aliphatic heterocycles. The molecule has 1 saturated heterocycles. The molecule has 7 heteroatoms. The molecule has 0 aromatic heterocycles. The number of esters is 1. The van der Waals surface area contributed by atoms with Crippen LogP contribution in [0.5, 0.6) is 0 Å². The summed E-state index contributed by atoms with van der Waals surface area (Å²) in [5.74, 6) is 1.93. The van der Waals surface area contributed by atoms with E-state index in [-0.39, 0.29) is 50.3 Å². The molecule has 0 bridgehead atoms. The summed E-state index contributed by atoms with van der Waals surface area (Å²) in [5, 5.41) is 10.7. The van der Waals surface area contributed by atoms with Crippen LogP contribution in [0.3, 0.4) is 0 Å². The van der Waals surface area contributed by atoms with E-state index in [1.54, 1.807) is 5.57 Å². The van der Waals surface area contributed by atoms with Crippen molar-refractivity contribution in [1.82, 2.24) is 4.90 Å². The molecule has 6 nitrogen and oxygen atoms in total. The Labute approximate surface area is 281 Å². The number of hydrogen-bond acceptors (Lipinski definition) is 6. The van der Waals surface area contributed by atoms with Gasteiger partial charge in [0, 0.05) is 29.6 Å². The van der Waals surface area contributed by atoms with Gasteiger partial charge in [0.1, 0.15) is 6.29 Å². The second-order valence-electron chi connectivity index (χ2n) is 18.6. The first-order chi connectivity index (χ1) is 21.5. The maximum Gasteiger partial charge on any atom is 0.312 e. The minimum atomic E-state index is -1.08. The van der Waals surface area contributed by atoms with E-state index in [0.717, 1.165) is 83.7 Å². The van der Waals surface area contributed by atoms with Crippen molar-refractivity contribution >= 4 is 23.1 Å². The van der Waals surface area contributed by atoms with Gasteiger partial charge in [0.2, 0.25) is 0 Å². The molecule has 2 unspecified atom stereocenters. The number of aliphatic hydroxyl groups excluding tert-OH is 1. The fraction of sp³-hybridized carbons (Fsp3) is 0.897. The SMILES string of the molecule is CC1(C)CC[C@]2(C(=O)OCCCN3CCC(C=O)S(=O)CC3)CC[C@]3(C)C(=CC[C@@H]4[C@@]5(C)CC[C@H](O)C(C)(C)[C@@H]5CC[C@]43C)[C@@H]2C1. The van der Waals surface area contributed by atoms with Crippen molar-refractivity contribution in [2.75, 3.05) is 32.0 Å². The number of carbonyl (C=O) groups is 2. The Hall–Kier alpha value is -1.05. The summed E-state index contributed by atoms with van der Waals surface area (Å²) in [7, 11) is -1.08. The minimum Gasteiger partial charge on any atom is -0.465 e. The summed E-state index contributed by atoms with van der Waals surface area (Å²) >= 11 is 0. The highest BCUT2D eigenvalue weighted by atomic mass is 32.2. The van der Waals surface area contributed by atoms with E-state index in [4.69, 9.17) is 4.74 Å². The zero-order chi connectivity index (χ0) is 33.3. The fourth-order valence-corrected chi connectivity index (χ4v) is 13.7. The number of aldehydes is 1. The van der Waals surface area contributed by atoms with Gasteiger partial charge in [-0.3, -0.25) is 9.00 Å². The smallest absolute Gasteiger partial charge is 0.312 e. The van der Waals surface area contributed by atoms with Gasteiger partial charge in [0.15, 0.2) is 0 Å². The summed E-state index contributed by atoms with van der Waals surface area (Å²) in [5.41, 5.74) is 1.75. The molecular weight excluding hydrogens is 594 g/mol. The lowest BCUT2D eigenvalue weighted by atomic mass is 9.33. The lowest BCUT2D eigenvalue weighted by Gasteiger charge is -2.71. The third-order valence-electron chi connectivity index (χ3n) is 15.7. The van der Waals surface area contributed by atoms with E-state index in [9.17, 15) is 18.9 Å². The zero-order valence-electron chi connectivity index (χ0n) is 30.0. The summed E-state index contributed by atoms with van der Waals surface area (Å²) < 4.78 is 18.5. The number of allylic oxidation sites excluding steroid dienone is 2. The summed E-state index contributed by atoms with van der Waals surface area (Å²) in [6.45, 7) is 19.9. The Morgan fingerprint density at radius 2 is 1.72 bits per heavy atom. The number of nitrogens with zero attached hydrogens (tertiary/aromatic N) is 1. The predicted molar refractivity (Wildman–Crippen MR) is 185 cm³/mol. The first-order valence-electron chi connectivity index (χ1n) is 18.6. The molecule has 0 aromatic rings. The van der Waals surface area contributed by atoms with Gasteiger partial charge in [-0.25, -0.2) is 0 Å². The van der Waals surface area contributed by atoms with Crippen LogP contribution in [0.15, 0.2) is 11.6 Å². The zero-order valence-corrected chi connectivity index (χ0v) is 30.8. The van der Waals surface area contributed by atoms with Crippen LogP contribution in [0, 0.1) is 50.2 Å². The Morgan fingerprint density at radius 3 is 2.46 bits per heavy atom. The maximum absolute atomic E-state index is 14.3. The average molecular weight is 658 g/mol. The Bertz CT molecular complexity index is 1260. The van der Waals surface area contributed by atoms with Crippen LogP contribution in [-0.4, -0.2) is 69.8 Å². The molecule has 0 spiro atoms.